The first-order valence-corrected chi connectivity index (χ1v) is 13.9. The first-order chi connectivity index (χ1) is 21.3. The molecular weight excluding hydrogens is 552 g/mol. The molecule has 5 aromatic rings. The molecule has 44 heavy (non-hydrogen) atoms. The van der Waals surface area contributed by atoms with Crippen LogP contribution in [0.2, 0.25) is 0 Å². The maximum absolute atomic E-state index is 12.8. The zero-order valence-corrected chi connectivity index (χ0v) is 24.2. The van der Waals surface area contributed by atoms with Gasteiger partial charge in [-0.05, 0) is 97.1 Å². The predicted molar refractivity (Wildman–Crippen MR) is 174 cm³/mol. The van der Waals surface area contributed by atoms with E-state index >= 15 is 0 Å². The number of carbonyl (C=O) groups excluding carboxylic acids is 4. The highest BCUT2D eigenvalue weighted by molar-refractivity contribution is 6.09. The molecule has 0 spiro atoms. The minimum Gasteiger partial charge on any atom is -0.322 e. The lowest BCUT2D eigenvalue weighted by molar-refractivity contribution is 0.0985. The molecule has 0 bridgehead atoms. The van der Waals surface area contributed by atoms with Gasteiger partial charge in [-0.15, -0.1) is 0 Å². The molecule has 0 radical (unpaired) electrons. The molecule has 0 aliphatic rings. The zero-order chi connectivity index (χ0) is 31.1. The van der Waals surface area contributed by atoms with E-state index in [-0.39, 0.29) is 23.6 Å². The van der Waals surface area contributed by atoms with Gasteiger partial charge in [0, 0.05) is 59.1 Å². The lowest BCUT2D eigenvalue weighted by Crippen LogP contribution is -2.26. The Bertz CT molecular complexity index is 1640. The van der Waals surface area contributed by atoms with Crippen molar-refractivity contribution in [1.82, 2.24) is 0 Å². The maximum atomic E-state index is 12.8. The summed E-state index contributed by atoms with van der Waals surface area (Å²) in [6.45, 7) is 0. The minimum atomic E-state index is -0.349. The lowest BCUT2D eigenvalue weighted by atomic mass is 10.1. The number of nitrogens with zero attached hydrogens (tertiary/aromatic N) is 2. The van der Waals surface area contributed by atoms with Crippen molar-refractivity contribution in [1.29, 1.82) is 0 Å². The van der Waals surface area contributed by atoms with Crippen LogP contribution in [0, 0.1) is 0 Å². The molecule has 0 aliphatic carbocycles. The molecule has 2 N–H and O–H groups in total. The molecule has 0 saturated heterocycles. The van der Waals surface area contributed by atoms with Crippen molar-refractivity contribution in [3.63, 3.8) is 0 Å². The summed E-state index contributed by atoms with van der Waals surface area (Å²) in [4.78, 5) is 54.4. The van der Waals surface area contributed by atoms with Crippen LogP contribution in [-0.2, 0) is 0 Å². The van der Waals surface area contributed by atoms with Crippen LogP contribution in [0.3, 0.4) is 0 Å². The molecule has 0 heterocycles. The van der Waals surface area contributed by atoms with Crippen molar-refractivity contribution >= 4 is 46.4 Å². The van der Waals surface area contributed by atoms with Gasteiger partial charge >= 0.3 is 0 Å². The van der Waals surface area contributed by atoms with E-state index in [9.17, 15) is 19.2 Å². The summed E-state index contributed by atoms with van der Waals surface area (Å²) in [5.74, 6) is -1.03. The van der Waals surface area contributed by atoms with Crippen LogP contribution in [0.4, 0.5) is 22.7 Å². The van der Waals surface area contributed by atoms with E-state index in [2.05, 4.69) is 10.6 Å². The second-order valence-electron chi connectivity index (χ2n) is 10.0. The molecule has 0 aromatic heterocycles. The fourth-order valence-corrected chi connectivity index (χ4v) is 4.50. The van der Waals surface area contributed by atoms with Gasteiger partial charge in [0.2, 0.25) is 0 Å². The maximum Gasteiger partial charge on any atom is 0.258 e. The first-order valence-electron chi connectivity index (χ1n) is 13.9. The van der Waals surface area contributed by atoms with Gasteiger partial charge in [-0.3, -0.25) is 19.2 Å². The average molecular weight is 583 g/mol. The van der Waals surface area contributed by atoms with Crippen molar-refractivity contribution < 1.29 is 19.2 Å². The summed E-state index contributed by atoms with van der Waals surface area (Å²) in [5, 5.41) is 5.62. The topological polar surface area (TPSA) is 98.8 Å². The van der Waals surface area contributed by atoms with Gasteiger partial charge in [-0.2, -0.15) is 0 Å². The van der Waals surface area contributed by atoms with Crippen molar-refractivity contribution in [3.05, 3.63) is 156 Å². The quantitative estimate of drug-likeness (QED) is 0.212. The third-order valence-electron chi connectivity index (χ3n) is 7.08. The molecule has 8 heteroatoms. The highest BCUT2D eigenvalue weighted by Gasteiger charge is 2.16. The Morgan fingerprint density at radius 3 is 1.02 bits per heavy atom. The van der Waals surface area contributed by atoms with Crippen molar-refractivity contribution in [2.75, 3.05) is 34.5 Å². The van der Waals surface area contributed by atoms with Crippen LogP contribution >= 0.6 is 0 Å². The molecule has 5 aromatic carbocycles. The van der Waals surface area contributed by atoms with Gasteiger partial charge in [0.15, 0.2) is 0 Å². The lowest BCUT2D eigenvalue weighted by Gasteiger charge is -2.17. The van der Waals surface area contributed by atoms with Gasteiger partial charge in [0.25, 0.3) is 23.6 Å². The summed E-state index contributed by atoms with van der Waals surface area (Å²) in [6.07, 6.45) is 0. The second-order valence-corrected chi connectivity index (χ2v) is 10.0. The Kier molecular flexibility index (Phi) is 8.91. The highest BCUT2D eigenvalue weighted by Crippen LogP contribution is 2.19. The number of hydrogen-bond acceptors (Lipinski definition) is 4. The van der Waals surface area contributed by atoms with Crippen LogP contribution in [0.15, 0.2) is 133 Å². The van der Waals surface area contributed by atoms with E-state index in [1.54, 1.807) is 96.7 Å². The van der Waals surface area contributed by atoms with E-state index in [0.717, 1.165) is 11.4 Å². The summed E-state index contributed by atoms with van der Waals surface area (Å²) < 4.78 is 0. The van der Waals surface area contributed by atoms with Crippen LogP contribution < -0.4 is 20.4 Å². The van der Waals surface area contributed by atoms with Crippen LogP contribution in [-0.4, -0.2) is 37.7 Å². The Hall–Kier alpha value is -6.02. The largest absolute Gasteiger partial charge is 0.322 e. The van der Waals surface area contributed by atoms with E-state index in [4.69, 9.17) is 0 Å². The van der Waals surface area contributed by atoms with Crippen LogP contribution in [0.25, 0.3) is 0 Å². The van der Waals surface area contributed by atoms with Crippen molar-refractivity contribution in [2.24, 2.45) is 0 Å². The second kappa shape index (κ2) is 13.3. The van der Waals surface area contributed by atoms with Gasteiger partial charge < -0.3 is 20.4 Å². The monoisotopic (exact) mass is 582 g/mol. The fourth-order valence-electron chi connectivity index (χ4n) is 4.50. The SMILES string of the molecule is CN(C(=O)c1ccc(NC(=O)c2ccc(C(=O)Nc3ccc(C(=O)N(C)c4ccccc4)cc3)cc2)cc1)c1ccccc1. The number of nitrogens with one attached hydrogen (secondary N) is 2. The van der Waals surface area contributed by atoms with Crippen LogP contribution in [0.1, 0.15) is 41.4 Å². The number of benzene rings is 5. The van der Waals surface area contributed by atoms with Gasteiger partial charge in [0.1, 0.15) is 0 Å². The molecule has 218 valence electrons. The highest BCUT2D eigenvalue weighted by atomic mass is 16.2. The first kappa shape index (κ1) is 29.5. The van der Waals surface area contributed by atoms with E-state index in [1.807, 2.05) is 60.7 Å². The zero-order valence-electron chi connectivity index (χ0n) is 24.2. The summed E-state index contributed by atoms with van der Waals surface area (Å²) in [7, 11) is 3.42. The summed E-state index contributed by atoms with van der Waals surface area (Å²) in [6, 6.07) is 38.3. The molecule has 0 fully saturated rings. The number of para-hydroxylation sites is 2. The van der Waals surface area contributed by atoms with Crippen LogP contribution in [0.5, 0.6) is 0 Å². The third kappa shape index (κ3) is 6.88. The molecule has 0 aliphatic heterocycles. The number of carbonyl (C=O) groups is 4. The number of anilines is 4. The molecule has 4 amide bonds. The minimum absolute atomic E-state index is 0.164. The summed E-state index contributed by atoms with van der Waals surface area (Å²) >= 11 is 0. The fraction of sp³-hybridized carbons (Fsp3) is 0.0556. The Morgan fingerprint density at radius 1 is 0.409 bits per heavy atom. The normalized spacial score (nSPS) is 10.4. The Balaban J connectivity index is 1.15. The molecule has 8 nitrogen and oxygen atoms in total. The molecular formula is C36H30N4O4. The Morgan fingerprint density at radius 2 is 0.705 bits per heavy atom. The standard InChI is InChI=1S/C36H30N4O4/c1-39(31-9-5-3-6-10-31)35(43)27-17-21-29(22-18-27)37-33(41)25-13-15-26(16-14-25)34(42)38-30-23-19-28(20-24-30)36(44)40(2)32-11-7-4-8-12-32/h3-24H,1-2H3,(H,37,41)(H,38,42). The van der Waals surface area contributed by atoms with Crippen molar-refractivity contribution in [3.8, 4) is 0 Å². The molecule has 0 atom stereocenters. The van der Waals surface area contributed by atoms with Gasteiger partial charge in [-0.25, -0.2) is 0 Å². The smallest absolute Gasteiger partial charge is 0.258 e. The predicted octanol–water partition coefficient (Wildman–Crippen LogP) is 6.74. The van der Waals surface area contributed by atoms with Crippen molar-refractivity contribution in [2.45, 2.75) is 0 Å². The Labute approximate surface area is 255 Å². The van der Waals surface area contributed by atoms with E-state index < -0.39 is 0 Å². The molecule has 0 unspecified atom stereocenters. The number of rotatable bonds is 8. The number of hydrogen-bond donors (Lipinski definition) is 2. The number of amides is 4. The average Bonchev–Trinajstić information content (AvgIpc) is 3.08. The van der Waals surface area contributed by atoms with Gasteiger partial charge in [0.05, 0.1) is 0 Å². The summed E-state index contributed by atoms with van der Waals surface area (Å²) in [5.41, 5.74) is 4.36. The molecule has 0 saturated carbocycles. The van der Waals surface area contributed by atoms with E-state index in [1.165, 1.54) is 0 Å². The molecule has 5 rings (SSSR count). The van der Waals surface area contributed by atoms with E-state index in [0.29, 0.717) is 33.6 Å². The third-order valence-corrected chi connectivity index (χ3v) is 7.08. The van der Waals surface area contributed by atoms with Gasteiger partial charge in [-0.1, -0.05) is 36.4 Å².